The number of ether oxygens (including phenoxy) is 2. The molecule has 0 unspecified atom stereocenters. The molecule has 0 atom stereocenters. The van der Waals surface area contributed by atoms with Gasteiger partial charge in [0.05, 0.1) is 27.7 Å². The Bertz CT molecular complexity index is 934. The fourth-order valence-electron chi connectivity index (χ4n) is 2.88. The quantitative estimate of drug-likeness (QED) is 0.516. The minimum absolute atomic E-state index is 0.298. The lowest BCUT2D eigenvalue weighted by molar-refractivity contribution is -0.858. The van der Waals surface area contributed by atoms with Crippen molar-refractivity contribution in [3.05, 3.63) is 58.7 Å². The highest BCUT2D eigenvalue weighted by molar-refractivity contribution is 6.31. The van der Waals surface area contributed by atoms with E-state index in [1.807, 2.05) is 18.3 Å². The lowest BCUT2D eigenvalue weighted by atomic mass is 10.1. The summed E-state index contributed by atoms with van der Waals surface area (Å²) in [5, 5.41) is 1.38. The molecule has 0 fully saturated rings. The maximum Gasteiger partial charge on any atom is 0.347 e. The standard InChI is InChI=1S/C20H21ClN2O3/c1-23(2)10-9-13-12-22-16-5-4-6-18(19(13)16)26-20(24)15-11-14(21)7-8-17(15)25-3/h4-8,11-12,22H,9-10H2,1-3H3/p+1. The van der Waals surface area contributed by atoms with Crippen molar-refractivity contribution in [3.63, 3.8) is 0 Å². The van der Waals surface area contributed by atoms with Gasteiger partial charge in [0.15, 0.2) is 0 Å². The van der Waals surface area contributed by atoms with E-state index in [9.17, 15) is 4.79 Å². The summed E-state index contributed by atoms with van der Waals surface area (Å²) >= 11 is 6.02. The number of aromatic amines is 1. The van der Waals surface area contributed by atoms with Gasteiger partial charge in [0.2, 0.25) is 0 Å². The van der Waals surface area contributed by atoms with Gasteiger partial charge in [-0.2, -0.15) is 0 Å². The highest BCUT2D eigenvalue weighted by Crippen LogP contribution is 2.31. The molecular weight excluding hydrogens is 352 g/mol. The van der Waals surface area contributed by atoms with Gasteiger partial charge in [-0.1, -0.05) is 17.7 Å². The number of carbonyl (C=O) groups excluding carboxylic acids is 1. The Labute approximate surface area is 157 Å². The molecule has 0 aliphatic rings. The van der Waals surface area contributed by atoms with Gasteiger partial charge in [0.25, 0.3) is 0 Å². The summed E-state index contributed by atoms with van der Waals surface area (Å²) in [6.07, 6.45) is 2.86. The first-order valence-electron chi connectivity index (χ1n) is 8.43. The fraction of sp³-hybridized carbons (Fsp3) is 0.250. The zero-order chi connectivity index (χ0) is 18.7. The summed E-state index contributed by atoms with van der Waals surface area (Å²) in [5.74, 6) is 0.457. The number of nitrogens with one attached hydrogen (secondary N) is 2. The number of rotatable bonds is 6. The number of likely N-dealkylation sites (N-methyl/N-ethyl adjacent to an activating group) is 1. The number of benzene rings is 2. The van der Waals surface area contributed by atoms with Crippen LogP contribution in [0.4, 0.5) is 0 Å². The Kier molecular flexibility index (Phi) is 5.49. The van der Waals surface area contributed by atoms with Crippen molar-refractivity contribution in [3.8, 4) is 11.5 Å². The molecular formula is C20H22ClN2O3+. The molecule has 0 aliphatic carbocycles. The van der Waals surface area contributed by atoms with E-state index >= 15 is 0 Å². The maximum atomic E-state index is 12.7. The third-order valence-electron chi connectivity index (χ3n) is 4.23. The van der Waals surface area contributed by atoms with E-state index in [1.165, 1.54) is 12.0 Å². The van der Waals surface area contributed by atoms with Crippen LogP contribution >= 0.6 is 11.6 Å². The average molecular weight is 374 g/mol. The van der Waals surface area contributed by atoms with E-state index in [-0.39, 0.29) is 0 Å². The summed E-state index contributed by atoms with van der Waals surface area (Å²) in [4.78, 5) is 17.3. The van der Waals surface area contributed by atoms with E-state index < -0.39 is 5.97 Å². The predicted molar refractivity (Wildman–Crippen MR) is 103 cm³/mol. The van der Waals surface area contributed by atoms with Crippen LogP contribution in [-0.4, -0.2) is 38.7 Å². The van der Waals surface area contributed by atoms with E-state index in [1.54, 1.807) is 24.3 Å². The van der Waals surface area contributed by atoms with Crippen LogP contribution in [-0.2, 0) is 6.42 Å². The molecule has 0 amide bonds. The van der Waals surface area contributed by atoms with Crippen LogP contribution in [0.1, 0.15) is 15.9 Å². The van der Waals surface area contributed by atoms with Crippen LogP contribution in [0.15, 0.2) is 42.6 Å². The van der Waals surface area contributed by atoms with Crippen LogP contribution in [0.2, 0.25) is 5.02 Å². The van der Waals surface area contributed by atoms with E-state index in [0.29, 0.717) is 22.1 Å². The van der Waals surface area contributed by atoms with Crippen molar-refractivity contribution >= 4 is 28.5 Å². The van der Waals surface area contributed by atoms with Gasteiger partial charge in [-0.15, -0.1) is 0 Å². The van der Waals surface area contributed by atoms with E-state index in [0.717, 1.165) is 29.4 Å². The smallest absolute Gasteiger partial charge is 0.347 e. The molecule has 0 aliphatic heterocycles. The predicted octanol–water partition coefficient (Wildman–Crippen LogP) is 2.74. The highest BCUT2D eigenvalue weighted by Gasteiger charge is 2.18. The van der Waals surface area contributed by atoms with Gasteiger partial charge < -0.3 is 19.4 Å². The Morgan fingerprint density at radius 1 is 1.19 bits per heavy atom. The van der Waals surface area contributed by atoms with Crippen molar-refractivity contribution in [1.82, 2.24) is 4.98 Å². The Morgan fingerprint density at radius 2 is 2.00 bits per heavy atom. The number of H-pyrrole nitrogens is 1. The zero-order valence-electron chi connectivity index (χ0n) is 15.1. The molecule has 1 aromatic heterocycles. The summed E-state index contributed by atoms with van der Waals surface area (Å²) < 4.78 is 11.0. The zero-order valence-corrected chi connectivity index (χ0v) is 15.8. The minimum Gasteiger partial charge on any atom is -0.496 e. The van der Waals surface area contributed by atoms with Crippen LogP contribution in [0, 0.1) is 0 Å². The first-order chi connectivity index (χ1) is 12.5. The first-order valence-corrected chi connectivity index (χ1v) is 8.81. The Morgan fingerprint density at radius 3 is 2.73 bits per heavy atom. The van der Waals surface area contributed by atoms with E-state index in [4.69, 9.17) is 21.1 Å². The SMILES string of the molecule is COc1ccc(Cl)cc1C(=O)Oc1cccc2[nH]cc(CC[NH+](C)C)c12. The summed E-state index contributed by atoms with van der Waals surface area (Å²) in [6.45, 7) is 0.983. The van der Waals surface area contributed by atoms with Gasteiger partial charge in [0, 0.05) is 28.5 Å². The fourth-order valence-corrected chi connectivity index (χ4v) is 3.05. The number of halogens is 1. The van der Waals surface area contributed by atoms with Crippen LogP contribution in [0.25, 0.3) is 10.9 Å². The molecule has 26 heavy (non-hydrogen) atoms. The lowest BCUT2D eigenvalue weighted by Gasteiger charge is -2.11. The number of methoxy groups -OCH3 is 1. The molecule has 0 spiro atoms. The number of quaternary nitrogens is 1. The molecule has 0 saturated carbocycles. The number of hydrogen-bond acceptors (Lipinski definition) is 3. The molecule has 1 heterocycles. The van der Waals surface area contributed by atoms with Gasteiger partial charge in [-0.3, -0.25) is 0 Å². The Balaban J connectivity index is 1.95. The molecule has 5 nitrogen and oxygen atoms in total. The van der Waals surface area contributed by atoms with Crippen molar-refractivity contribution in [2.45, 2.75) is 6.42 Å². The monoisotopic (exact) mass is 373 g/mol. The molecule has 0 bridgehead atoms. The minimum atomic E-state index is -0.498. The molecule has 3 aromatic rings. The first kappa shape index (κ1) is 18.3. The van der Waals surface area contributed by atoms with Gasteiger partial charge >= 0.3 is 5.97 Å². The summed E-state index contributed by atoms with van der Waals surface area (Å²) in [7, 11) is 5.73. The summed E-state index contributed by atoms with van der Waals surface area (Å²) in [5.41, 5.74) is 2.37. The number of esters is 1. The highest BCUT2D eigenvalue weighted by atomic mass is 35.5. The largest absolute Gasteiger partial charge is 0.496 e. The number of carbonyl (C=O) groups is 1. The molecule has 136 valence electrons. The molecule has 2 aromatic carbocycles. The molecule has 6 heteroatoms. The number of aromatic nitrogens is 1. The van der Waals surface area contributed by atoms with Crippen LogP contribution in [0.3, 0.4) is 0 Å². The van der Waals surface area contributed by atoms with Crippen molar-refractivity contribution in [2.75, 3.05) is 27.7 Å². The second-order valence-corrected chi connectivity index (χ2v) is 6.87. The molecule has 0 saturated heterocycles. The van der Waals surface area contributed by atoms with Gasteiger partial charge in [0.1, 0.15) is 17.1 Å². The number of hydrogen-bond donors (Lipinski definition) is 2. The topological polar surface area (TPSA) is 55.8 Å². The van der Waals surface area contributed by atoms with Gasteiger partial charge in [-0.05, 0) is 35.9 Å². The second-order valence-electron chi connectivity index (χ2n) is 6.43. The van der Waals surface area contributed by atoms with Crippen molar-refractivity contribution in [1.29, 1.82) is 0 Å². The van der Waals surface area contributed by atoms with Gasteiger partial charge in [-0.25, -0.2) is 4.79 Å². The molecule has 2 N–H and O–H groups in total. The van der Waals surface area contributed by atoms with Crippen molar-refractivity contribution in [2.24, 2.45) is 0 Å². The Hall–Kier alpha value is -2.50. The third-order valence-corrected chi connectivity index (χ3v) is 4.46. The van der Waals surface area contributed by atoms with Crippen molar-refractivity contribution < 1.29 is 19.2 Å². The molecule has 3 rings (SSSR count). The molecule has 0 radical (unpaired) electrons. The normalized spacial score (nSPS) is 11.1. The maximum absolute atomic E-state index is 12.7. The van der Waals surface area contributed by atoms with Crippen LogP contribution in [0.5, 0.6) is 11.5 Å². The lowest BCUT2D eigenvalue weighted by Crippen LogP contribution is -3.05. The third kappa shape index (κ3) is 3.84. The number of fused-ring (bicyclic) bond motifs is 1. The average Bonchev–Trinajstić information content (AvgIpc) is 3.04. The van der Waals surface area contributed by atoms with Crippen LogP contribution < -0.4 is 14.4 Å². The summed E-state index contributed by atoms with van der Waals surface area (Å²) in [6, 6.07) is 10.5. The second kappa shape index (κ2) is 7.81. The van der Waals surface area contributed by atoms with E-state index in [2.05, 4.69) is 19.1 Å².